The molecule has 0 aliphatic carbocycles. The molecule has 0 unspecified atom stereocenters. The Morgan fingerprint density at radius 3 is 2.05 bits per heavy atom. The SMILES string of the molecule is Cc1ccc(S(=O)(=O)N(CC(=O)N(Cc2ccc(Cl)cc2)[C@@H](C)C(=O)NC(C)C)c2cc(C)ccc2C)cc1. The largest absolute Gasteiger partial charge is 0.352 e. The molecule has 3 rings (SSSR count). The van der Waals surface area contributed by atoms with Crippen LogP contribution < -0.4 is 9.62 Å². The zero-order valence-electron chi connectivity index (χ0n) is 23.2. The number of aryl methyl sites for hydroxylation is 3. The smallest absolute Gasteiger partial charge is 0.264 e. The topological polar surface area (TPSA) is 86.8 Å². The molecule has 2 amide bonds. The van der Waals surface area contributed by atoms with E-state index in [1.807, 2.05) is 39.8 Å². The first-order valence-corrected chi connectivity index (χ1v) is 14.6. The summed E-state index contributed by atoms with van der Waals surface area (Å²) in [6.07, 6.45) is 0. The highest BCUT2D eigenvalue weighted by atomic mass is 35.5. The van der Waals surface area contributed by atoms with Gasteiger partial charge >= 0.3 is 0 Å². The Bertz CT molecular complexity index is 1420. The molecule has 1 atom stereocenters. The van der Waals surface area contributed by atoms with Gasteiger partial charge in [0.15, 0.2) is 0 Å². The third-order valence-corrected chi connectivity index (χ3v) is 8.41. The summed E-state index contributed by atoms with van der Waals surface area (Å²) in [6, 6.07) is 18.0. The van der Waals surface area contributed by atoms with Crippen molar-refractivity contribution in [2.75, 3.05) is 10.8 Å². The molecule has 0 aliphatic heterocycles. The maximum Gasteiger partial charge on any atom is 0.264 e. The minimum absolute atomic E-state index is 0.0802. The highest BCUT2D eigenvalue weighted by molar-refractivity contribution is 7.92. The Labute approximate surface area is 236 Å². The van der Waals surface area contributed by atoms with Gasteiger partial charge in [0.2, 0.25) is 11.8 Å². The number of nitrogens with zero attached hydrogens (tertiary/aromatic N) is 2. The van der Waals surface area contributed by atoms with Crippen molar-refractivity contribution in [3.63, 3.8) is 0 Å². The van der Waals surface area contributed by atoms with E-state index in [1.54, 1.807) is 56.3 Å². The molecule has 9 heteroatoms. The monoisotopic (exact) mass is 569 g/mol. The number of carbonyl (C=O) groups is 2. The van der Waals surface area contributed by atoms with Gasteiger partial charge in [-0.1, -0.05) is 53.6 Å². The molecule has 0 bridgehead atoms. The van der Waals surface area contributed by atoms with E-state index in [-0.39, 0.29) is 23.4 Å². The molecule has 0 aromatic heterocycles. The average molecular weight is 570 g/mol. The van der Waals surface area contributed by atoms with Crippen LogP contribution in [0.1, 0.15) is 43.0 Å². The highest BCUT2D eigenvalue weighted by Gasteiger charge is 2.33. The highest BCUT2D eigenvalue weighted by Crippen LogP contribution is 2.29. The van der Waals surface area contributed by atoms with Gasteiger partial charge in [-0.05, 0) is 88.6 Å². The van der Waals surface area contributed by atoms with Gasteiger partial charge in [0, 0.05) is 17.6 Å². The molecular formula is C30H36ClN3O4S. The standard InChI is InChI=1S/C30H36ClN3O4S/c1-20(2)32-30(36)24(6)33(18-25-11-13-26(31)14-12-25)29(35)19-34(28-17-22(4)7-10-23(28)5)39(37,38)27-15-8-21(3)9-16-27/h7-17,20,24H,18-19H2,1-6H3,(H,32,36)/t24-/m0/s1. The van der Waals surface area contributed by atoms with Gasteiger partial charge in [-0.25, -0.2) is 8.42 Å². The molecule has 0 radical (unpaired) electrons. The molecule has 1 N–H and O–H groups in total. The number of nitrogens with one attached hydrogen (secondary N) is 1. The van der Waals surface area contributed by atoms with Crippen LogP contribution in [-0.2, 0) is 26.2 Å². The van der Waals surface area contributed by atoms with Crippen LogP contribution in [0.4, 0.5) is 5.69 Å². The van der Waals surface area contributed by atoms with Gasteiger partial charge in [-0.2, -0.15) is 0 Å². The number of sulfonamides is 1. The Morgan fingerprint density at radius 1 is 0.872 bits per heavy atom. The molecule has 0 spiro atoms. The van der Waals surface area contributed by atoms with Gasteiger partial charge < -0.3 is 10.2 Å². The van der Waals surface area contributed by atoms with Crippen molar-refractivity contribution in [1.82, 2.24) is 10.2 Å². The van der Waals surface area contributed by atoms with Crippen LogP contribution >= 0.6 is 11.6 Å². The molecule has 0 saturated carbocycles. The first kappa shape index (κ1) is 30.2. The number of rotatable bonds is 10. The van der Waals surface area contributed by atoms with Gasteiger partial charge in [0.25, 0.3) is 10.0 Å². The predicted octanol–water partition coefficient (Wildman–Crippen LogP) is 5.40. The summed E-state index contributed by atoms with van der Waals surface area (Å²) < 4.78 is 29.1. The second-order valence-electron chi connectivity index (χ2n) is 10.1. The molecule has 0 saturated heterocycles. The molecule has 0 aliphatic rings. The third kappa shape index (κ3) is 7.61. The first-order valence-electron chi connectivity index (χ1n) is 12.8. The third-order valence-electron chi connectivity index (χ3n) is 6.39. The molecular weight excluding hydrogens is 534 g/mol. The fourth-order valence-electron chi connectivity index (χ4n) is 4.11. The number of hydrogen-bond acceptors (Lipinski definition) is 4. The zero-order valence-corrected chi connectivity index (χ0v) is 24.8. The quantitative estimate of drug-likeness (QED) is 0.354. The fraction of sp³-hybridized carbons (Fsp3) is 0.333. The van der Waals surface area contributed by atoms with Crippen LogP contribution in [0, 0.1) is 20.8 Å². The number of hydrogen-bond donors (Lipinski definition) is 1. The summed E-state index contributed by atoms with van der Waals surface area (Å²) in [5, 5.41) is 3.40. The Morgan fingerprint density at radius 2 is 1.46 bits per heavy atom. The second kappa shape index (κ2) is 12.7. The molecule has 3 aromatic carbocycles. The second-order valence-corrected chi connectivity index (χ2v) is 12.4. The van der Waals surface area contributed by atoms with E-state index < -0.39 is 28.5 Å². The summed E-state index contributed by atoms with van der Waals surface area (Å²) >= 11 is 6.05. The fourth-order valence-corrected chi connectivity index (χ4v) is 5.71. The summed E-state index contributed by atoms with van der Waals surface area (Å²) in [5.41, 5.74) is 3.66. The van der Waals surface area contributed by atoms with Gasteiger partial charge in [-0.15, -0.1) is 0 Å². The lowest BCUT2D eigenvalue weighted by Gasteiger charge is -2.33. The van der Waals surface area contributed by atoms with Gasteiger partial charge in [-0.3, -0.25) is 13.9 Å². The summed E-state index contributed by atoms with van der Waals surface area (Å²) in [5.74, 6) is -0.833. The number of benzene rings is 3. The molecule has 208 valence electrons. The van der Waals surface area contributed by atoms with E-state index in [2.05, 4.69) is 5.32 Å². The number of halogens is 1. The van der Waals surface area contributed by atoms with E-state index in [0.717, 1.165) is 21.0 Å². The van der Waals surface area contributed by atoms with E-state index in [1.165, 1.54) is 17.0 Å². The number of anilines is 1. The van der Waals surface area contributed by atoms with Crippen molar-refractivity contribution in [2.24, 2.45) is 0 Å². The molecule has 7 nitrogen and oxygen atoms in total. The minimum atomic E-state index is -4.11. The van der Waals surface area contributed by atoms with Crippen molar-refractivity contribution in [1.29, 1.82) is 0 Å². The van der Waals surface area contributed by atoms with Crippen molar-refractivity contribution in [3.05, 3.63) is 94.0 Å². The lowest BCUT2D eigenvalue weighted by molar-refractivity contribution is -0.139. The van der Waals surface area contributed by atoms with Crippen LogP contribution in [-0.4, -0.2) is 43.8 Å². The molecule has 3 aromatic rings. The van der Waals surface area contributed by atoms with Crippen LogP contribution in [0.25, 0.3) is 0 Å². The average Bonchev–Trinajstić information content (AvgIpc) is 2.87. The predicted molar refractivity (Wildman–Crippen MR) is 156 cm³/mol. The van der Waals surface area contributed by atoms with Crippen molar-refractivity contribution in [3.8, 4) is 0 Å². The Balaban J connectivity index is 2.07. The normalized spacial score (nSPS) is 12.2. The maximum absolute atomic E-state index is 14.0. The van der Waals surface area contributed by atoms with Crippen LogP contribution in [0.5, 0.6) is 0 Å². The van der Waals surface area contributed by atoms with E-state index in [4.69, 9.17) is 11.6 Å². The van der Waals surface area contributed by atoms with Crippen LogP contribution in [0.2, 0.25) is 5.02 Å². The van der Waals surface area contributed by atoms with Crippen molar-refractivity contribution in [2.45, 2.75) is 65.1 Å². The Kier molecular flexibility index (Phi) is 9.80. The van der Waals surface area contributed by atoms with Gasteiger partial charge in [0.05, 0.1) is 10.6 Å². The summed E-state index contributed by atoms with van der Waals surface area (Å²) in [6.45, 7) is 10.5. The van der Waals surface area contributed by atoms with Crippen molar-refractivity contribution >= 4 is 39.1 Å². The number of amides is 2. The maximum atomic E-state index is 14.0. The van der Waals surface area contributed by atoms with E-state index in [0.29, 0.717) is 16.3 Å². The lowest BCUT2D eigenvalue weighted by Crippen LogP contribution is -2.52. The van der Waals surface area contributed by atoms with Crippen LogP contribution in [0.3, 0.4) is 0 Å². The lowest BCUT2D eigenvalue weighted by atomic mass is 10.1. The zero-order chi connectivity index (χ0) is 28.9. The summed E-state index contributed by atoms with van der Waals surface area (Å²) in [4.78, 5) is 28.4. The minimum Gasteiger partial charge on any atom is -0.352 e. The molecule has 39 heavy (non-hydrogen) atoms. The molecule has 0 heterocycles. The van der Waals surface area contributed by atoms with Gasteiger partial charge in [0.1, 0.15) is 12.6 Å². The van der Waals surface area contributed by atoms with Crippen molar-refractivity contribution < 1.29 is 18.0 Å². The van der Waals surface area contributed by atoms with E-state index in [9.17, 15) is 18.0 Å². The molecule has 0 fully saturated rings. The van der Waals surface area contributed by atoms with Crippen LogP contribution in [0.15, 0.2) is 71.6 Å². The Hall–Kier alpha value is -3.36. The van der Waals surface area contributed by atoms with E-state index >= 15 is 0 Å². The summed E-state index contributed by atoms with van der Waals surface area (Å²) in [7, 11) is -4.11. The first-order chi connectivity index (χ1) is 18.3. The number of carbonyl (C=O) groups excluding carboxylic acids is 2.